The molecular formula is C14H20ClN5O3. The van der Waals surface area contributed by atoms with Crippen LogP contribution in [0.2, 0.25) is 5.28 Å². The molecule has 0 atom stereocenters. The van der Waals surface area contributed by atoms with Gasteiger partial charge in [-0.1, -0.05) is 0 Å². The molecule has 0 spiro atoms. The Morgan fingerprint density at radius 2 is 1.83 bits per heavy atom. The molecule has 2 aromatic heterocycles. The number of aryl methyl sites for hydroxylation is 2. The number of nitrogens with zero attached hydrogens (tertiary/aromatic N) is 5. The lowest BCUT2D eigenvalue weighted by molar-refractivity contribution is 0.0369. The Bertz CT molecular complexity index is 832. The summed E-state index contributed by atoms with van der Waals surface area (Å²) < 4.78 is 9.45. The minimum atomic E-state index is -0.405. The average Bonchev–Trinajstić information content (AvgIpc) is 2.89. The minimum Gasteiger partial charge on any atom is -0.379 e. The predicted molar refractivity (Wildman–Crippen MR) is 87.1 cm³/mol. The molecule has 3 heterocycles. The summed E-state index contributed by atoms with van der Waals surface area (Å²) in [5.41, 5.74) is -0.0675. The highest BCUT2D eigenvalue weighted by atomic mass is 35.5. The molecule has 2 aromatic rings. The van der Waals surface area contributed by atoms with Crippen LogP contribution in [0, 0.1) is 0 Å². The number of fused-ring (bicyclic) bond motifs is 1. The van der Waals surface area contributed by atoms with Crippen LogP contribution in [0.1, 0.15) is 6.42 Å². The third-order valence-electron chi connectivity index (χ3n) is 4.26. The first kappa shape index (κ1) is 16.2. The Labute approximate surface area is 137 Å². The number of morpholine rings is 1. The van der Waals surface area contributed by atoms with Crippen LogP contribution in [-0.2, 0) is 25.4 Å². The maximum Gasteiger partial charge on any atom is 0.332 e. The van der Waals surface area contributed by atoms with Crippen LogP contribution in [0.4, 0.5) is 0 Å². The van der Waals surface area contributed by atoms with Gasteiger partial charge in [0.1, 0.15) is 0 Å². The lowest BCUT2D eigenvalue weighted by Crippen LogP contribution is -2.38. The molecule has 23 heavy (non-hydrogen) atoms. The Kier molecular flexibility index (Phi) is 4.56. The van der Waals surface area contributed by atoms with E-state index in [0.29, 0.717) is 17.7 Å². The molecule has 0 N–H and O–H groups in total. The first-order chi connectivity index (χ1) is 11.0. The Hall–Kier alpha value is -1.64. The zero-order valence-corrected chi connectivity index (χ0v) is 14.0. The van der Waals surface area contributed by atoms with Crippen molar-refractivity contribution in [1.82, 2.24) is 23.6 Å². The molecule has 0 aliphatic carbocycles. The SMILES string of the molecule is Cn1c(=O)c2c(nc(Cl)n2CCCN2CCOCC2)n(C)c1=O. The van der Waals surface area contributed by atoms with Crippen LogP contribution in [0.5, 0.6) is 0 Å². The van der Waals surface area contributed by atoms with E-state index >= 15 is 0 Å². The second kappa shape index (κ2) is 6.46. The molecule has 9 heteroatoms. The molecular weight excluding hydrogens is 322 g/mol. The van der Waals surface area contributed by atoms with Crippen molar-refractivity contribution in [3.63, 3.8) is 0 Å². The van der Waals surface area contributed by atoms with Crippen molar-refractivity contribution in [1.29, 1.82) is 0 Å². The lowest BCUT2D eigenvalue weighted by atomic mass is 10.3. The summed E-state index contributed by atoms with van der Waals surface area (Å²) in [6, 6.07) is 0. The third kappa shape index (κ3) is 2.93. The third-order valence-corrected chi connectivity index (χ3v) is 4.55. The van der Waals surface area contributed by atoms with E-state index in [2.05, 4.69) is 9.88 Å². The topological polar surface area (TPSA) is 74.3 Å². The Morgan fingerprint density at radius 3 is 2.52 bits per heavy atom. The van der Waals surface area contributed by atoms with Gasteiger partial charge in [0.15, 0.2) is 11.2 Å². The number of aromatic nitrogens is 4. The molecule has 3 rings (SSSR count). The van der Waals surface area contributed by atoms with Gasteiger partial charge in [-0.25, -0.2) is 4.79 Å². The first-order valence-electron chi connectivity index (χ1n) is 7.62. The van der Waals surface area contributed by atoms with Crippen LogP contribution >= 0.6 is 11.6 Å². The largest absolute Gasteiger partial charge is 0.379 e. The van der Waals surface area contributed by atoms with Crippen LogP contribution in [0.25, 0.3) is 11.2 Å². The highest BCUT2D eigenvalue weighted by Crippen LogP contribution is 2.16. The number of halogens is 1. The highest BCUT2D eigenvalue weighted by molar-refractivity contribution is 6.29. The maximum absolute atomic E-state index is 12.4. The molecule has 0 aromatic carbocycles. The Balaban J connectivity index is 1.87. The molecule has 0 saturated carbocycles. The average molecular weight is 342 g/mol. The summed E-state index contributed by atoms with van der Waals surface area (Å²) in [5.74, 6) is 0. The summed E-state index contributed by atoms with van der Waals surface area (Å²) in [5, 5.41) is 0.236. The van der Waals surface area contributed by atoms with E-state index in [9.17, 15) is 9.59 Å². The van der Waals surface area contributed by atoms with Gasteiger partial charge >= 0.3 is 5.69 Å². The molecule has 1 saturated heterocycles. The van der Waals surface area contributed by atoms with E-state index in [1.165, 1.54) is 11.6 Å². The summed E-state index contributed by atoms with van der Waals surface area (Å²) >= 11 is 6.19. The monoisotopic (exact) mass is 341 g/mol. The number of hydrogen-bond acceptors (Lipinski definition) is 5. The molecule has 0 unspecified atom stereocenters. The number of rotatable bonds is 4. The fraction of sp³-hybridized carbons (Fsp3) is 0.643. The summed E-state index contributed by atoms with van der Waals surface area (Å²) in [6.07, 6.45) is 0.844. The zero-order valence-electron chi connectivity index (χ0n) is 13.3. The standard InChI is InChI=1S/C14H20ClN5O3/c1-17-11-10(12(21)18(2)14(17)22)20(13(15)16-11)5-3-4-19-6-8-23-9-7-19/h3-9H2,1-2H3. The smallest absolute Gasteiger partial charge is 0.332 e. The van der Waals surface area contributed by atoms with Gasteiger partial charge in [0, 0.05) is 40.3 Å². The summed E-state index contributed by atoms with van der Waals surface area (Å²) in [7, 11) is 3.05. The van der Waals surface area contributed by atoms with E-state index in [0.717, 1.165) is 43.8 Å². The highest BCUT2D eigenvalue weighted by Gasteiger charge is 2.18. The van der Waals surface area contributed by atoms with Gasteiger partial charge in [0.25, 0.3) is 5.56 Å². The van der Waals surface area contributed by atoms with Crippen molar-refractivity contribution in [3.05, 3.63) is 26.1 Å². The van der Waals surface area contributed by atoms with Crippen molar-refractivity contribution in [3.8, 4) is 0 Å². The Morgan fingerprint density at radius 1 is 1.13 bits per heavy atom. The number of imidazole rings is 1. The summed E-state index contributed by atoms with van der Waals surface area (Å²) in [4.78, 5) is 30.9. The molecule has 126 valence electrons. The van der Waals surface area contributed by atoms with Gasteiger partial charge in [0.2, 0.25) is 5.28 Å². The lowest BCUT2D eigenvalue weighted by Gasteiger charge is -2.26. The fourth-order valence-corrected chi connectivity index (χ4v) is 3.15. The maximum atomic E-state index is 12.4. The van der Waals surface area contributed by atoms with Crippen LogP contribution in [-0.4, -0.2) is 56.4 Å². The molecule has 8 nitrogen and oxygen atoms in total. The number of ether oxygens (including phenoxy) is 1. The number of hydrogen-bond donors (Lipinski definition) is 0. The molecule has 1 aliphatic rings. The van der Waals surface area contributed by atoms with E-state index in [4.69, 9.17) is 16.3 Å². The molecule has 0 bridgehead atoms. The quantitative estimate of drug-likeness (QED) is 0.721. The minimum absolute atomic E-state index is 0.236. The second-order valence-electron chi connectivity index (χ2n) is 5.72. The van der Waals surface area contributed by atoms with Gasteiger partial charge in [-0.3, -0.25) is 18.8 Å². The van der Waals surface area contributed by atoms with Crippen LogP contribution in [0.15, 0.2) is 9.59 Å². The van der Waals surface area contributed by atoms with Crippen molar-refractivity contribution in [2.75, 3.05) is 32.8 Å². The normalized spacial score (nSPS) is 16.3. The van der Waals surface area contributed by atoms with Crippen LogP contribution < -0.4 is 11.2 Å². The van der Waals surface area contributed by atoms with Gasteiger partial charge < -0.3 is 9.30 Å². The van der Waals surface area contributed by atoms with Crippen molar-refractivity contribution in [2.45, 2.75) is 13.0 Å². The van der Waals surface area contributed by atoms with Crippen molar-refractivity contribution in [2.24, 2.45) is 14.1 Å². The fourth-order valence-electron chi connectivity index (χ4n) is 2.90. The van der Waals surface area contributed by atoms with Crippen molar-refractivity contribution >= 4 is 22.8 Å². The van der Waals surface area contributed by atoms with Gasteiger partial charge in [0.05, 0.1) is 13.2 Å². The molecule has 1 fully saturated rings. The predicted octanol–water partition coefficient (Wildman–Crippen LogP) is -0.191. The van der Waals surface area contributed by atoms with Crippen molar-refractivity contribution < 1.29 is 4.74 Å². The van der Waals surface area contributed by atoms with Gasteiger partial charge in [-0.05, 0) is 18.0 Å². The molecule has 0 radical (unpaired) electrons. The van der Waals surface area contributed by atoms with E-state index < -0.39 is 5.69 Å². The van der Waals surface area contributed by atoms with E-state index in [1.54, 1.807) is 11.6 Å². The zero-order chi connectivity index (χ0) is 16.6. The molecule has 0 amide bonds. The van der Waals surface area contributed by atoms with E-state index in [1.807, 2.05) is 0 Å². The first-order valence-corrected chi connectivity index (χ1v) is 8.00. The van der Waals surface area contributed by atoms with Gasteiger partial charge in [-0.15, -0.1) is 0 Å². The molecule has 1 aliphatic heterocycles. The second-order valence-corrected chi connectivity index (χ2v) is 6.06. The van der Waals surface area contributed by atoms with Gasteiger partial charge in [-0.2, -0.15) is 4.98 Å². The van der Waals surface area contributed by atoms with Crippen LogP contribution in [0.3, 0.4) is 0 Å². The summed E-state index contributed by atoms with van der Waals surface area (Å²) in [6.45, 7) is 4.86. The van der Waals surface area contributed by atoms with E-state index in [-0.39, 0.29) is 10.8 Å².